The highest BCUT2D eigenvalue weighted by Gasteiger charge is 2.28. The molecule has 2 N–H and O–H groups in total. The average Bonchev–Trinajstić information content (AvgIpc) is 2.47. The SMILES string of the molecule is O[C@@H]1CCCC[C@@H]1N1CCCNCC1. The van der Waals surface area contributed by atoms with Gasteiger partial charge in [0.2, 0.25) is 0 Å². The summed E-state index contributed by atoms with van der Waals surface area (Å²) in [6, 6.07) is 0.448. The van der Waals surface area contributed by atoms with Crippen LogP contribution in [0.2, 0.25) is 0 Å². The van der Waals surface area contributed by atoms with Crippen LogP contribution in [-0.2, 0) is 0 Å². The minimum absolute atomic E-state index is 0.0677. The number of hydrogen-bond donors (Lipinski definition) is 2. The third-order valence-electron chi connectivity index (χ3n) is 3.54. The number of nitrogens with one attached hydrogen (secondary N) is 1. The molecule has 3 heteroatoms. The molecule has 0 aromatic heterocycles. The van der Waals surface area contributed by atoms with E-state index in [0.717, 1.165) is 32.6 Å². The lowest BCUT2D eigenvalue weighted by Crippen LogP contribution is -2.46. The van der Waals surface area contributed by atoms with Gasteiger partial charge in [-0.3, -0.25) is 4.90 Å². The molecular weight excluding hydrogens is 176 g/mol. The molecule has 1 aliphatic heterocycles. The fourth-order valence-electron chi connectivity index (χ4n) is 2.72. The molecule has 2 fully saturated rings. The molecule has 0 amide bonds. The summed E-state index contributed by atoms with van der Waals surface area (Å²) < 4.78 is 0. The molecule has 1 saturated carbocycles. The fourth-order valence-corrected chi connectivity index (χ4v) is 2.72. The second kappa shape index (κ2) is 5.10. The summed E-state index contributed by atoms with van der Waals surface area (Å²) in [5.41, 5.74) is 0. The van der Waals surface area contributed by atoms with Gasteiger partial charge < -0.3 is 10.4 Å². The first kappa shape index (κ1) is 10.4. The molecule has 82 valence electrons. The molecule has 0 spiro atoms. The zero-order valence-electron chi connectivity index (χ0n) is 8.91. The lowest BCUT2D eigenvalue weighted by molar-refractivity contribution is 0.0228. The topological polar surface area (TPSA) is 35.5 Å². The number of hydrogen-bond acceptors (Lipinski definition) is 3. The summed E-state index contributed by atoms with van der Waals surface area (Å²) in [7, 11) is 0. The van der Waals surface area contributed by atoms with Crippen LogP contribution in [0, 0.1) is 0 Å². The van der Waals surface area contributed by atoms with Gasteiger partial charge in [-0.25, -0.2) is 0 Å². The average molecular weight is 198 g/mol. The van der Waals surface area contributed by atoms with E-state index in [1.54, 1.807) is 0 Å². The van der Waals surface area contributed by atoms with Gasteiger partial charge in [0.15, 0.2) is 0 Å². The third kappa shape index (κ3) is 2.47. The molecule has 14 heavy (non-hydrogen) atoms. The Balaban J connectivity index is 1.90. The summed E-state index contributed by atoms with van der Waals surface area (Å²) in [6.07, 6.45) is 5.87. The summed E-state index contributed by atoms with van der Waals surface area (Å²) in [6.45, 7) is 4.50. The molecule has 0 radical (unpaired) electrons. The Labute approximate surface area is 86.5 Å². The molecule has 0 aromatic carbocycles. The first-order valence-electron chi connectivity index (χ1n) is 6.01. The number of aliphatic hydroxyl groups is 1. The monoisotopic (exact) mass is 198 g/mol. The van der Waals surface area contributed by atoms with Crippen LogP contribution in [-0.4, -0.2) is 48.3 Å². The normalized spacial score (nSPS) is 36.6. The van der Waals surface area contributed by atoms with Crippen molar-refractivity contribution in [2.45, 2.75) is 44.2 Å². The van der Waals surface area contributed by atoms with Crippen molar-refractivity contribution >= 4 is 0 Å². The van der Waals surface area contributed by atoms with Crippen molar-refractivity contribution in [3.63, 3.8) is 0 Å². The van der Waals surface area contributed by atoms with Gasteiger partial charge in [0, 0.05) is 19.1 Å². The van der Waals surface area contributed by atoms with Crippen molar-refractivity contribution < 1.29 is 5.11 Å². The number of nitrogens with zero attached hydrogens (tertiary/aromatic N) is 1. The molecule has 2 rings (SSSR count). The zero-order chi connectivity index (χ0) is 9.80. The largest absolute Gasteiger partial charge is 0.391 e. The summed E-state index contributed by atoms with van der Waals surface area (Å²) in [5, 5.41) is 13.4. The molecule has 0 aromatic rings. The Morgan fingerprint density at radius 3 is 2.71 bits per heavy atom. The minimum atomic E-state index is -0.0677. The van der Waals surface area contributed by atoms with Gasteiger partial charge in [-0.05, 0) is 32.4 Å². The third-order valence-corrected chi connectivity index (χ3v) is 3.54. The standard InChI is InChI=1S/C11H22N2O/c14-11-5-2-1-4-10(11)13-8-3-6-12-7-9-13/h10-12,14H,1-9H2/t10-,11+/m0/s1. The Morgan fingerprint density at radius 1 is 1.00 bits per heavy atom. The Morgan fingerprint density at radius 2 is 1.86 bits per heavy atom. The number of rotatable bonds is 1. The molecule has 1 aliphatic carbocycles. The summed E-state index contributed by atoms with van der Waals surface area (Å²) >= 11 is 0. The van der Waals surface area contributed by atoms with Crippen LogP contribution in [0.15, 0.2) is 0 Å². The van der Waals surface area contributed by atoms with Crippen LogP contribution >= 0.6 is 0 Å². The molecule has 2 atom stereocenters. The van der Waals surface area contributed by atoms with Crippen molar-refractivity contribution in [2.24, 2.45) is 0 Å². The van der Waals surface area contributed by atoms with E-state index in [-0.39, 0.29) is 6.10 Å². The Kier molecular flexibility index (Phi) is 3.79. The summed E-state index contributed by atoms with van der Waals surface area (Å²) in [4.78, 5) is 2.49. The van der Waals surface area contributed by atoms with Crippen LogP contribution in [0.5, 0.6) is 0 Å². The lowest BCUT2D eigenvalue weighted by atomic mass is 9.91. The molecular formula is C11H22N2O. The van der Waals surface area contributed by atoms with E-state index in [0.29, 0.717) is 6.04 Å². The van der Waals surface area contributed by atoms with Gasteiger partial charge in [-0.2, -0.15) is 0 Å². The highest BCUT2D eigenvalue weighted by molar-refractivity contribution is 4.84. The fraction of sp³-hybridized carbons (Fsp3) is 1.00. The van der Waals surface area contributed by atoms with Gasteiger partial charge in [-0.15, -0.1) is 0 Å². The molecule has 1 heterocycles. The van der Waals surface area contributed by atoms with Gasteiger partial charge in [0.1, 0.15) is 0 Å². The Bertz CT molecular complexity index is 167. The van der Waals surface area contributed by atoms with Crippen molar-refractivity contribution in [1.82, 2.24) is 10.2 Å². The number of aliphatic hydroxyl groups excluding tert-OH is 1. The quantitative estimate of drug-likeness (QED) is 0.647. The molecule has 0 bridgehead atoms. The predicted octanol–water partition coefficient (Wildman–Crippen LogP) is 0.585. The van der Waals surface area contributed by atoms with Crippen LogP contribution < -0.4 is 5.32 Å². The van der Waals surface area contributed by atoms with Gasteiger partial charge in [0.25, 0.3) is 0 Å². The lowest BCUT2D eigenvalue weighted by Gasteiger charge is -2.36. The highest BCUT2D eigenvalue weighted by atomic mass is 16.3. The van der Waals surface area contributed by atoms with E-state index in [2.05, 4.69) is 10.2 Å². The van der Waals surface area contributed by atoms with E-state index < -0.39 is 0 Å². The molecule has 2 aliphatic rings. The molecule has 3 nitrogen and oxygen atoms in total. The smallest absolute Gasteiger partial charge is 0.0695 e. The van der Waals surface area contributed by atoms with E-state index >= 15 is 0 Å². The minimum Gasteiger partial charge on any atom is -0.391 e. The van der Waals surface area contributed by atoms with E-state index in [1.807, 2.05) is 0 Å². The van der Waals surface area contributed by atoms with Gasteiger partial charge >= 0.3 is 0 Å². The second-order valence-corrected chi connectivity index (χ2v) is 4.56. The van der Waals surface area contributed by atoms with Crippen molar-refractivity contribution in [3.05, 3.63) is 0 Å². The van der Waals surface area contributed by atoms with Crippen LogP contribution in [0.4, 0.5) is 0 Å². The predicted molar refractivity (Wildman–Crippen MR) is 57.3 cm³/mol. The summed E-state index contributed by atoms with van der Waals surface area (Å²) in [5.74, 6) is 0. The van der Waals surface area contributed by atoms with Crippen molar-refractivity contribution in [1.29, 1.82) is 0 Å². The molecule has 1 saturated heterocycles. The van der Waals surface area contributed by atoms with Crippen molar-refractivity contribution in [3.8, 4) is 0 Å². The Hall–Kier alpha value is -0.120. The molecule has 0 unspecified atom stereocenters. The first-order chi connectivity index (χ1) is 6.88. The van der Waals surface area contributed by atoms with Crippen LogP contribution in [0.1, 0.15) is 32.1 Å². The second-order valence-electron chi connectivity index (χ2n) is 4.56. The van der Waals surface area contributed by atoms with Gasteiger partial charge in [0.05, 0.1) is 6.10 Å². The van der Waals surface area contributed by atoms with E-state index in [1.165, 1.54) is 25.7 Å². The maximum absolute atomic E-state index is 9.95. The van der Waals surface area contributed by atoms with E-state index in [9.17, 15) is 5.11 Å². The van der Waals surface area contributed by atoms with Crippen molar-refractivity contribution in [2.75, 3.05) is 26.2 Å². The van der Waals surface area contributed by atoms with Crippen LogP contribution in [0.25, 0.3) is 0 Å². The zero-order valence-corrected chi connectivity index (χ0v) is 8.91. The maximum Gasteiger partial charge on any atom is 0.0695 e. The van der Waals surface area contributed by atoms with Crippen LogP contribution in [0.3, 0.4) is 0 Å². The highest BCUT2D eigenvalue weighted by Crippen LogP contribution is 2.23. The first-order valence-corrected chi connectivity index (χ1v) is 6.01. The van der Waals surface area contributed by atoms with Gasteiger partial charge in [-0.1, -0.05) is 12.8 Å². The van der Waals surface area contributed by atoms with E-state index in [4.69, 9.17) is 0 Å². The maximum atomic E-state index is 9.95.